The fourth-order valence-corrected chi connectivity index (χ4v) is 0.590. The highest BCUT2D eigenvalue weighted by Crippen LogP contribution is 2.17. The molecule has 1 aliphatic carbocycles. The van der Waals surface area contributed by atoms with Crippen LogP contribution in [0.3, 0.4) is 0 Å². The highest BCUT2D eigenvalue weighted by molar-refractivity contribution is 6.05. The minimum atomic E-state index is 0.602. The van der Waals surface area contributed by atoms with Crippen molar-refractivity contribution in [1.82, 2.24) is 11.0 Å². The number of hydrogen-bond acceptors (Lipinski definition) is 3. The van der Waals surface area contributed by atoms with Gasteiger partial charge in [-0.25, -0.2) is 11.0 Å². The van der Waals surface area contributed by atoms with Crippen LogP contribution < -0.4 is 11.0 Å². The molecule has 0 radical (unpaired) electrons. The van der Waals surface area contributed by atoms with Gasteiger partial charge >= 0.3 is 0 Å². The van der Waals surface area contributed by atoms with Gasteiger partial charge in [0.15, 0.2) is 0 Å². The van der Waals surface area contributed by atoms with Crippen molar-refractivity contribution in [2.75, 3.05) is 0 Å². The normalized spacial score (nSPS) is 37.3. The molecule has 1 fully saturated rings. The number of fused-ring (bicyclic) bond motifs is 1. The lowest BCUT2D eigenvalue weighted by atomic mass is 10.8. The van der Waals surface area contributed by atoms with Gasteiger partial charge in [0, 0.05) is 6.42 Å². The lowest BCUT2D eigenvalue weighted by Crippen LogP contribution is -2.24. The molecule has 1 aliphatic heterocycles. The van der Waals surface area contributed by atoms with Crippen LogP contribution in [0.5, 0.6) is 0 Å². The molecule has 1 atom stereocenters. The first-order valence-corrected chi connectivity index (χ1v) is 2.04. The molecule has 0 bridgehead atoms. The van der Waals surface area contributed by atoms with Crippen LogP contribution in [0.1, 0.15) is 6.42 Å². The van der Waals surface area contributed by atoms with Crippen LogP contribution in [0, 0.1) is 0 Å². The summed E-state index contributed by atoms with van der Waals surface area (Å²) in [6.07, 6.45) is 1.16. The molecule has 2 aliphatic rings. The minimum Gasteiger partial charge on any atom is -0.242 e. The lowest BCUT2D eigenvalue weighted by molar-refractivity contribution is 0.591. The van der Waals surface area contributed by atoms with Crippen LogP contribution in [-0.2, 0) is 0 Å². The van der Waals surface area contributed by atoms with Gasteiger partial charge in [-0.3, -0.25) is 0 Å². The molecule has 6 heavy (non-hydrogen) atoms. The van der Waals surface area contributed by atoms with Crippen molar-refractivity contribution in [3.05, 3.63) is 0 Å². The van der Waals surface area contributed by atoms with E-state index < -0.39 is 0 Å². The monoisotopic (exact) mass is 83.0 g/mol. The number of hydrogen-bond donors (Lipinski definition) is 2. The predicted octanol–water partition coefficient (Wildman–Crippen LogP) is -0.778. The molecule has 1 unspecified atom stereocenters. The summed E-state index contributed by atoms with van der Waals surface area (Å²) in [4.78, 5) is 0. The Hall–Kier alpha value is -0.570. The van der Waals surface area contributed by atoms with Gasteiger partial charge in [-0.1, -0.05) is 0 Å². The van der Waals surface area contributed by atoms with Crippen LogP contribution >= 0.6 is 0 Å². The maximum absolute atomic E-state index is 3.87. The number of nitrogens with zero attached hydrogens (tertiary/aromatic N) is 1. The smallest absolute Gasteiger partial charge is 0.0730 e. The second-order valence-corrected chi connectivity index (χ2v) is 1.62. The fraction of sp³-hybridized carbons (Fsp3) is 0.667. The van der Waals surface area contributed by atoms with Gasteiger partial charge < -0.3 is 0 Å². The summed E-state index contributed by atoms with van der Waals surface area (Å²) in [6, 6.07) is 0.602. The third-order valence-electron chi connectivity index (χ3n) is 1.09. The average molecular weight is 83.1 g/mol. The summed E-state index contributed by atoms with van der Waals surface area (Å²) in [6.45, 7) is 0. The second kappa shape index (κ2) is 0.586. The van der Waals surface area contributed by atoms with Crippen LogP contribution in [-0.4, -0.2) is 11.8 Å². The molecular weight excluding hydrogens is 78.1 g/mol. The van der Waals surface area contributed by atoms with Crippen LogP contribution in [0.15, 0.2) is 5.10 Å². The topological polar surface area (TPSA) is 36.4 Å². The summed E-state index contributed by atoms with van der Waals surface area (Å²) in [7, 11) is 0. The molecule has 0 aromatic carbocycles. The van der Waals surface area contributed by atoms with Crippen LogP contribution in [0.25, 0.3) is 0 Å². The van der Waals surface area contributed by atoms with Gasteiger partial charge in [-0.2, -0.15) is 5.10 Å². The molecule has 0 amide bonds. The third kappa shape index (κ3) is 0.155. The van der Waals surface area contributed by atoms with Crippen molar-refractivity contribution in [2.45, 2.75) is 12.5 Å². The van der Waals surface area contributed by atoms with Crippen molar-refractivity contribution >= 4 is 5.71 Å². The average Bonchev–Trinajstić information content (AvgIpc) is 2.17. The van der Waals surface area contributed by atoms with Gasteiger partial charge in [0.2, 0.25) is 0 Å². The summed E-state index contributed by atoms with van der Waals surface area (Å²) < 4.78 is 0. The maximum Gasteiger partial charge on any atom is 0.0730 e. The first kappa shape index (κ1) is 2.58. The Balaban J connectivity index is 2.35. The van der Waals surface area contributed by atoms with Gasteiger partial charge in [0.05, 0.1) is 11.8 Å². The molecule has 1 heterocycles. The number of rotatable bonds is 0. The first-order chi connectivity index (χ1) is 2.97. The van der Waals surface area contributed by atoms with Crippen molar-refractivity contribution < 1.29 is 0 Å². The summed E-state index contributed by atoms with van der Waals surface area (Å²) in [5.41, 5.74) is 6.87. The number of hydrazone groups is 1. The van der Waals surface area contributed by atoms with E-state index in [1.54, 1.807) is 0 Å². The Labute approximate surface area is 35.4 Å². The standard InChI is InChI=1S/C3H5N3/c1-2-3(1)5-6-4-2/h2,4,6H,1H2. The van der Waals surface area contributed by atoms with E-state index in [0.29, 0.717) is 6.04 Å². The second-order valence-electron chi connectivity index (χ2n) is 1.62. The van der Waals surface area contributed by atoms with Crippen molar-refractivity contribution in [2.24, 2.45) is 5.10 Å². The highest BCUT2D eigenvalue weighted by Gasteiger charge is 2.35. The predicted molar refractivity (Wildman–Crippen MR) is 22.1 cm³/mol. The van der Waals surface area contributed by atoms with E-state index >= 15 is 0 Å². The molecule has 3 heteroatoms. The molecule has 2 rings (SSSR count). The molecule has 0 aromatic rings. The van der Waals surface area contributed by atoms with Crippen LogP contribution in [0.2, 0.25) is 0 Å². The zero-order valence-corrected chi connectivity index (χ0v) is 3.23. The Bertz CT molecular complexity index is 107. The SMILES string of the molecule is C1C2=NNNC12. The Kier molecular flexibility index (Phi) is 0.252. The van der Waals surface area contributed by atoms with Gasteiger partial charge in [-0.05, 0) is 0 Å². The highest BCUT2D eigenvalue weighted by atomic mass is 15.6. The first-order valence-electron chi connectivity index (χ1n) is 2.04. The molecule has 0 spiro atoms. The number of hydrazine groups is 1. The fourth-order valence-electron chi connectivity index (χ4n) is 0.590. The van der Waals surface area contributed by atoms with E-state index in [9.17, 15) is 0 Å². The van der Waals surface area contributed by atoms with Gasteiger partial charge in [-0.15, -0.1) is 0 Å². The third-order valence-corrected chi connectivity index (χ3v) is 1.09. The molecule has 0 aromatic heterocycles. The van der Waals surface area contributed by atoms with Gasteiger partial charge in [0.25, 0.3) is 0 Å². The molecular formula is C3H5N3. The van der Waals surface area contributed by atoms with E-state index in [4.69, 9.17) is 0 Å². The Morgan fingerprint density at radius 2 is 2.83 bits per heavy atom. The quantitative estimate of drug-likeness (QED) is 0.403. The van der Waals surface area contributed by atoms with E-state index in [2.05, 4.69) is 16.1 Å². The van der Waals surface area contributed by atoms with E-state index in [0.717, 1.165) is 6.42 Å². The summed E-state index contributed by atoms with van der Waals surface area (Å²) >= 11 is 0. The minimum absolute atomic E-state index is 0.602. The number of nitrogens with one attached hydrogen (secondary N) is 2. The van der Waals surface area contributed by atoms with Crippen molar-refractivity contribution in [3.8, 4) is 0 Å². The molecule has 32 valence electrons. The lowest BCUT2D eigenvalue weighted by Gasteiger charge is -1.88. The van der Waals surface area contributed by atoms with E-state index in [-0.39, 0.29) is 0 Å². The Morgan fingerprint density at radius 3 is 3.00 bits per heavy atom. The zero-order chi connectivity index (χ0) is 3.98. The largest absolute Gasteiger partial charge is 0.242 e. The summed E-state index contributed by atoms with van der Waals surface area (Å²) in [5, 5.41) is 3.87. The zero-order valence-electron chi connectivity index (χ0n) is 3.23. The Morgan fingerprint density at radius 1 is 1.83 bits per heavy atom. The molecule has 1 saturated carbocycles. The summed E-state index contributed by atoms with van der Waals surface area (Å²) in [5.74, 6) is 0. The van der Waals surface area contributed by atoms with Crippen molar-refractivity contribution in [3.63, 3.8) is 0 Å². The molecule has 3 nitrogen and oxygen atoms in total. The maximum atomic E-state index is 3.87. The van der Waals surface area contributed by atoms with Gasteiger partial charge in [0.1, 0.15) is 0 Å². The van der Waals surface area contributed by atoms with E-state index in [1.165, 1.54) is 5.71 Å². The van der Waals surface area contributed by atoms with E-state index in [1.807, 2.05) is 0 Å². The molecule has 2 N–H and O–H groups in total. The van der Waals surface area contributed by atoms with Crippen LogP contribution in [0.4, 0.5) is 0 Å². The molecule has 0 saturated heterocycles. The van der Waals surface area contributed by atoms with Crippen molar-refractivity contribution in [1.29, 1.82) is 0 Å².